The normalized spacial score (nSPS) is 11.5. The summed E-state index contributed by atoms with van der Waals surface area (Å²) in [7, 11) is -4.14. The average Bonchev–Trinajstić information content (AvgIpc) is 2.85. The molecule has 0 radical (unpaired) electrons. The van der Waals surface area contributed by atoms with Crippen LogP contribution in [0.25, 0.3) is 11.3 Å². The fourth-order valence-corrected chi connectivity index (χ4v) is 3.78. The summed E-state index contributed by atoms with van der Waals surface area (Å²) >= 11 is 11.8. The Hall–Kier alpha value is -2.35. The second-order valence-corrected chi connectivity index (χ2v) is 7.77. The van der Waals surface area contributed by atoms with Crippen molar-refractivity contribution in [2.45, 2.75) is 5.75 Å². The third kappa shape index (κ3) is 3.90. The maximum absolute atomic E-state index is 12.3. The lowest BCUT2D eigenvalue weighted by molar-refractivity contribution is 0.432. The molecule has 9 heteroatoms. The van der Waals surface area contributed by atoms with E-state index in [4.69, 9.17) is 37.5 Å². The molecule has 0 spiro atoms. The Balaban J connectivity index is 1.90. The van der Waals surface area contributed by atoms with E-state index in [9.17, 15) is 13.5 Å². The van der Waals surface area contributed by atoms with E-state index in [0.717, 1.165) is 0 Å². The second-order valence-electron chi connectivity index (χ2n) is 5.36. The first-order valence-corrected chi connectivity index (χ1v) is 9.63. The van der Waals surface area contributed by atoms with Gasteiger partial charge in [-0.05, 0) is 35.9 Å². The van der Waals surface area contributed by atoms with E-state index in [0.29, 0.717) is 16.1 Å². The maximum atomic E-state index is 12.3. The van der Waals surface area contributed by atoms with Crippen molar-refractivity contribution >= 4 is 39.2 Å². The lowest BCUT2D eigenvalue weighted by Crippen LogP contribution is -2.12. The Labute approximate surface area is 159 Å². The standard InChI is InChI=1S/C17H13Cl2NO5S/c18-12-7-5-10(6-8-12)15-14(21)16(17(20)24-15)25-26(22,23)9-11-3-1-2-4-13(11)19/h1-8,21H,9,20H2. The van der Waals surface area contributed by atoms with Crippen LogP contribution >= 0.6 is 23.2 Å². The minimum Gasteiger partial charge on any atom is -0.501 e. The van der Waals surface area contributed by atoms with Crippen molar-refractivity contribution in [3.05, 3.63) is 64.1 Å². The maximum Gasteiger partial charge on any atom is 0.313 e. The molecule has 0 saturated carbocycles. The smallest absolute Gasteiger partial charge is 0.313 e. The fourth-order valence-electron chi connectivity index (χ4n) is 2.26. The van der Waals surface area contributed by atoms with Gasteiger partial charge in [-0.2, -0.15) is 8.42 Å². The molecule has 0 aliphatic rings. The molecule has 0 unspecified atom stereocenters. The molecule has 26 heavy (non-hydrogen) atoms. The third-order valence-corrected chi connectivity index (χ3v) is 5.18. The third-order valence-electron chi connectivity index (χ3n) is 3.47. The minimum atomic E-state index is -4.14. The van der Waals surface area contributed by atoms with Gasteiger partial charge in [0.15, 0.2) is 5.76 Å². The molecule has 0 aliphatic carbocycles. The van der Waals surface area contributed by atoms with Crippen LogP contribution in [0.15, 0.2) is 52.9 Å². The molecule has 1 heterocycles. The summed E-state index contributed by atoms with van der Waals surface area (Å²) in [5.41, 5.74) is 6.48. The first kappa shape index (κ1) is 18.4. The van der Waals surface area contributed by atoms with E-state index < -0.39 is 27.4 Å². The second kappa shape index (κ2) is 7.11. The summed E-state index contributed by atoms with van der Waals surface area (Å²) in [5, 5.41) is 11.1. The lowest BCUT2D eigenvalue weighted by Gasteiger charge is -2.07. The number of nitrogen functional groups attached to an aromatic ring is 1. The molecule has 3 aromatic rings. The molecule has 0 saturated heterocycles. The molecule has 3 rings (SSSR count). The number of aromatic hydroxyl groups is 1. The predicted molar refractivity (Wildman–Crippen MR) is 99.9 cm³/mol. The van der Waals surface area contributed by atoms with E-state index in [1.165, 1.54) is 0 Å². The van der Waals surface area contributed by atoms with E-state index in [-0.39, 0.29) is 16.7 Å². The van der Waals surface area contributed by atoms with Gasteiger partial charge >= 0.3 is 10.1 Å². The van der Waals surface area contributed by atoms with Crippen LogP contribution in [0.2, 0.25) is 10.0 Å². The highest BCUT2D eigenvalue weighted by Crippen LogP contribution is 2.45. The van der Waals surface area contributed by atoms with Gasteiger partial charge in [0.1, 0.15) is 5.75 Å². The molecule has 0 atom stereocenters. The van der Waals surface area contributed by atoms with Gasteiger partial charge in [-0.3, -0.25) is 0 Å². The predicted octanol–water partition coefficient (Wildman–Crippen LogP) is 4.45. The highest BCUT2D eigenvalue weighted by molar-refractivity contribution is 7.86. The van der Waals surface area contributed by atoms with Crippen molar-refractivity contribution < 1.29 is 22.1 Å². The first-order chi connectivity index (χ1) is 12.3. The Bertz CT molecular complexity index is 1050. The summed E-state index contributed by atoms with van der Waals surface area (Å²) < 4.78 is 34.8. The number of anilines is 1. The lowest BCUT2D eigenvalue weighted by atomic mass is 10.1. The summed E-state index contributed by atoms with van der Waals surface area (Å²) in [6.45, 7) is 0. The van der Waals surface area contributed by atoms with Gasteiger partial charge in [0.25, 0.3) is 0 Å². The molecule has 0 amide bonds. The summed E-state index contributed by atoms with van der Waals surface area (Å²) in [5.74, 6) is -1.88. The van der Waals surface area contributed by atoms with Crippen molar-refractivity contribution in [1.82, 2.24) is 0 Å². The van der Waals surface area contributed by atoms with Crippen molar-refractivity contribution in [2.24, 2.45) is 0 Å². The van der Waals surface area contributed by atoms with Gasteiger partial charge in [-0.15, -0.1) is 0 Å². The summed E-state index contributed by atoms with van der Waals surface area (Å²) in [6.07, 6.45) is 0. The number of hydrogen-bond acceptors (Lipinski definition) is 6. The molecular formula is C17H13Cl2NO5S. The molecule has 0 aliphatic heterocycles. The van der Waals surface area contributed by atoms with E-state index in [1.807, 2.05) is 0 Å². The topological polar surface area (TPSA) is 103 Å². The van der Waals surface area contributed by atoms with Crippen LogP contribution in [-0.2, 0) is 15.9 Å². The summed E-state index contributed by atoms with van der Waals surface area (Å²) in [4.78, 5) is 0. The molecule has 3 N–H and O–H groups in total. The minimum absolute atomic E-state index is 0.0258. The highest BCUT2D eigenvalue weighted by atomic mass is 35.5. The number of rotatable bonds is 5. The Kier molecular flexibility index (Phi) is 5.04. The van der Waals surface area contributed by atoms with Gasteiger partial charge in [0.2, 0.25) is 17.4 Å². The number of hydrogen-bond donors (Lipinski definition) is 2. The highest BCUT2D eigenvalue weighted by Gasteiger charge is 2.26. The van der Waals surface area contributed by atoms with Gasteiger partial charge in [0.05, 0.1) is 0 Å². The monoisotopic (exact) mass is 413 g/mol. The van der Waals surface area contributed by atoms with Crippen molar-refractivity contribution in [3.63, 3.8) is 0 Å². The van der Waals surface area contributed by atoms with Crippen LogP contribution in [0.1, 0.15) is 5.56 Å². The molecule has 0 bridgehead atoms. The molecule has 1 aromatic heterocycles. The van der Waals surface area contributed by atoms with E-state index in [2.05, 4.69) is 0 Å². The number of halogens is 2. The molecule has 136 valence electrons. The molecule has 0 fully saturated rings. The van der Waals surface area contributed by atoms with Gasteiger partial charge in [-0.1, -0.05) is 41.4 Å². The van der Waals surface area contributed by atoms with Gasteiger partial charge < -0.3 is 19.4 Å². The molecule has 6 nitrogen and oxygen atoms in total. The number of furan rings is 1. The zero-order valence-electron chi connectivity index (χ0n) is 13.1. The zero-order valence-corrected chi connectivity index (χ0v) is 15.5. The quantitative estimate of drug-likeness (QED) is 0.598. The van der Waals surface area contributed by atoms with Gasteiger partial charge in [0, 0.05) is 15.6 Å². The van der Waals surface area contributed by atoms with Gasteiger partial charge in [-0.25, -0.2) is 0 Å². The number of nitrogens with two attached hydrogens (primary N) is 1. The van der Waals surface area contributed by atoms with Crippen molar-refractivity contribution in [1.29, 1.82) is 0 Å². The molecule has 2 aromatic carbocycles. The van der Waals surface area contributed by atoms with Crippen LogP contribution in [0, 0.1) is 0 Å². The Morgan fingerprint density at radius 2 is 1.73 bits per heavy atom. The average molecular weight is 414 g/mol. The van der Waals surface area contributed by atoms with Crippen LogP contribution in [0.4, 0.5) is 5.88 Å². The Morgan fingerprint density at radius 1 is 1.08 bits per heavy atom. The van der Waals surface area contributed by atoms with Crippen LogP contribution in [-0.4, -0.2) is 13.5 Å². The number of benzene rings is 2. The van der Waals surface area contributed by atoms with Crippen LogP contribution < -0.4 is 9.92 Å². The Morgan fingerprint density at radius 3 is 2.38 bits per heavy atom. The van der Waals surface area contributed by atoms with Crippen molar-refractivity contribution in [2.75, 3.05) is 5.73 Å². The van der Waals surface area contributed by atoms with E-state index in [1.54, 1.807) is 48.5 Å². The zero-order chi connectivity index (χ0) is 18.9. The SMILES string of the molecule is Nc1oc(-c2ccc(Cl)cc2)c(O)c1OS(=O)(=O)Cc1ccccc1Cl. The van der Waals surface area contributed by atoms with Crippen LogP contribution in [0.5, 0.6) is 11.5 Å². The molecular weight excluding hydrogens is 401 g/mol. The first-order valence-electron chi connectivity index (χ1n) is 7.29. The fraction of sp³-hybridized carbons (Fsp3) is 0.0588. The van der Waals surface area contributed by atoms with E-state index >= 15 is 0 Å². The van der Waals surface area contributed by atoms with Crippen LogP contribution in [0.3, 0.4) is 0 Å². The summed E-state index contributed by atoms with van der Waals surface area (Å²) in [6, 6.07) is 12.8. The van der Waals surface area contributed by atoms with Crippen molar-refractivity contribution in [3.8, 4) is 22.8 Å². The largest absolute Gasteiger partial charge is 0.501 e.